The van der Waals surface area contributed by atoms with E-state index in [2.05, 4.69) is 28.2 Å². The zero-order valence-electron chi connectivity index (χ0n) is 14.1. The second-order valence-electron chi connectivity index (χ2n) is 6.58. The van der Waals surface area contributed by atoms with Crippen LogP contribution in [0.3, 0.4) is 0 Å². The Morgan fingerprint density at radius 1 is 1.33 bits per heavy atom. The molecule has 2 unspecified atom stereocenters. The predicted octanol–water partition coefficient (Wildman–Crippen LogP) is 1.84. The molecule has 1 N–H and O–H groups in total. The van der Waals surface area contributed by atoms with E-state index in [1.165, 1.54) is 0 Å². The van der Waals surface area contributed by atoms with E-state index >= 15 is 0 Å². The molecule has 0 bridgehead atoms. The largest absolute Gasteiger partial charge is 0.473 e. The minimum absolute atomic E-state index is 0.196. The lowest BCUT2D eigenvalue weighted by atomic mass is 9.98. The Labute approximate surface area is 142 Å². The maximum absolute atomic E-state index is 6.36. The van der Waals surface area contributed by atoms with Crippen LogP contribution in [0.5, 0.6) is 5.88 Å². The summed E-state index contributed by atoms with van der Waals surface area (Å²) >= 11 is 0. The Hall–Kier alpha value is -1.92. The molecule has 2 aromatic rings. The number of anilines is 1. The van der Waals surface area contributed by atoms with Gasteiger partial charge in [-0.05, 0) is 25.1 Å². The van der Waals surface area contributed by atoms with Gasteiger partial charge in [0.2, 0.25) is 5.88 Å². The maximum atomic E-state index is 6.36. The standard InChI is InChI=1S/C18H24N4O2/c1-13-12-19-6-4-16(13)24-18-14-3-2-5-20-15(14)11-17(21-18)22-7-9-23-10-8-22/h2-3,5,11,13,16,19H,4,6-10,12H2,1H3. The minimum Gasteiger partial charge on any atom is -0.473 e. The van der Waals surface area contributed by atoms with Gasteiger partial charge in [0.25, 0.3) is 0 Å². The molecule has 6 nitrogen and oxygen atoms in total. The van der Waals surface area contributed by atoms with Crippen LogP contribution in [0, 0.1) is 5.92 Å². The van der Waals surface area contributed by atoms with Crippen molar-refractivity contribution in [1.82, 2.24) is 15.3 Å². The number of piperidine rings is 1. The van der Waals surface area contributed by atoms with E-state index in [1.54, 1.807) is 0 Å². The number of morpholine rings is 1. The van der Waals surface area contributed by atoms with Gasteiger partial charge in [0.1, 0.15) is 11.9 Å². The fraction of sp³-hybridized carbons (Fsp3) is 0.556. The molecule has 0 saturated carbocycles. The highest BCUT2D eigenvalue weighted by Crippen LogP contribution is 2.29. The normalized spacial score (nSPS) is 25.0. The fourth-order valence-corrected chi connectivity index (χ4v) is 3.38. The van der Waals surface area contributed by atoms with Crippen LogP contribution in [0.1, 0.15) is 13.3 Å². The molecule has 2 aliphatic heterocycles. The van der Waals surface area contributed by atoms with E-state index < -0.39 is 0 Å². The van der Waals surface area contributed by atoms with Crippen LogP contribution in [-0.2, 0) is 4.74 Å². The molecule has 0 aromatic carbocycles. The first-order valence-electron chi connectivity index (χ1n) is 8.77. The molecule has 2 saturated heterocycles. The molecule has 24 heavy (non-hydrogen) atoms. The smallest absolute Gasteiger partial charge is 0.225 e. The van der Waals surface area contributed by atoms with Crippen molar-refractivity contribution in [1.29, 1.82) is 0 Å². The number of aromatic nitrogens is 2. The molecule has 6 heteroatoms. The van der Waals surface area contributed by atoms with Crippen LogP contribution in [0.15, 0.2) is 24.4 Å². The highest BCUT2D eigenvalue weighted by atomic mass is 16.5. The summed E-state index contributed by atoms with van der Waals surface area (Å²) in [7, 11) is 0. The van der Waals surface area contributed by atoms with Gasteiger partial charge in [0, 0.05) is 37.8 Å². The summed E-state index contributed by atoms with van der Waals surface area (Å²) in [5.74, 6) is 2.11. The van der Waals surface area contributed by atoms with Crippen LogP contribution in [0.4, 0.5) is 5.82 Å². The van der Waals surface area contributed by atoms with Crippen molar-refractivity contribution in [2.75, 3.05) is 44.3 Å². The fourth-order valence-electron chi connectivity index (χ4n) is 3.38. The van der Waals surface area contributed by atoms with E-state index in [1.807, 2.05) is 18.3 Å². The molecule has 2 aromatic heterocycles. The van der Waals surface area contributed by atoms with Gasteiger partial charge in [0.15, 0.2) is 0 Å². The Balaban J connectivity index is 1.69. The SMILES string of the molecule is CC1CNCCC1Oc1nc(N2CCOCC2)cc2ncccc12. The molecule has 0 spiro atoms. The number of ether oxygens (including phenoxy) is 2. The topological polar surface area (TPSA) is 59.5 Å². The zero-order chi connectivity index (χ0) is 16.4. The van der Waals surface area contributed by atoms with Crippen molar-refractivity contribution in [3.05, 3.63) is 24.4 Å². The van der Waals surface area contributed by atoms with Crippen molar-refractivity contribution >= 4 is 16.7 Å². The first-order valence-corrected chi connectivity index (χ1v) is 8.77. The number of rotatable bonds is 3. The van der Waals surface area contributed by atoms with Crippen LogP contribution < -0.4 is 15.0 Å². The summed E-state index contributed by atoms with van der Waals surface area (Å²) in [6.45, 7) is 7.40. The molecule has 0 radical (unpaired) electrons. The summed E-state index contributed by atoms with van der Waals surface area (Å²) in [5.41, 5.74) is 0.936. The average Bonchev–Trinajstić information content (AvgIpc) is 2.64. The van der Waals surface area contributed by atoms with Crippen molar-refractivity contribution in [2.45, 2.75) is 19.4 Å². The molecule has 2 atom stereocenters. The lowest BCUT2D eigenvalue weighted by Gasteiger charge is -2.31. The van der Waals surface area contributed by atoms with Gasteiger partial charge in [-0.15, -0.1) is 0 Å². The number of hydrogen-bond acceptors (Lipinski definition) is 6. The lowest BCUT2D eigenvalue weighted by molar-refractivity contribution is 0.108. The quantitative estimate of drug-likeness (QED) is 0.928. The summed E-state index contributed by atoms with van der Waals surface area (Å²) in [6.07, 6.45) is 3.02. The predicted molar refractivity (Wildman–Crippen MR) is 93.6 cm³/mol. The lowest BCUT2D eigenvalue weighted by Crippen LogP contribution is -2.41. The average molecular weight is 328 g/mol. The van der Waals surface area contributed by atoms with Crippen LogP contribution >= 0.6 is 0 Å². The van der Waals surface area contributed by atoms with Gasteiger partial charge in [-0.3, -0.25) is 4.98 Å². The Morgan fingerprint density at radius 3 is 3.04 bits per heavy atom. The number of pyridine rings is 2. The molecular weight excluding hydrogens is 304 g/mol. The monoisotopic (exact) mass is 328 g/mol. The summed E-state index contributed by atoms with van der Waals surface area (Å²) in [6, 6.07) is 6.04. The summed E-state index contributed by atoms with van der Waals surface area (Å²) in [5, 5.41) is 4.40. The third kappa shape index (κ3) is 3.16. The Morgan fingerprint density at radius 2 is 2.21 bits per heavy atom. The number of nitrogens with one attached hydrogen (secondary N) is 1. The van der Waals surface area contributed by atoms with E-state index in [0.29, 0.717) is 11.8 Å². The first kappa shape index (κ1) is 15.6. The van der Waals surface area contributed by atoms with Gasteiger partial charge in [0.05, 0.1) is 24.1 Å². The minimum atomic E-state index is 0.196. The molecule has 128 valence electrons. The molecule has 4 rings (SSSR count). The van der Waals surface area contributed by atoms with E-state index in [4.69, 9.17) is 14.5 Å². The van der Waals surface area contributed by atoms with Gasteiger partial charge >= 0.3 is 0 Å². The summed E-state index contributed by atoms with van der Waals surface area (Å²) < 4.78 is 11.8. The van der Waals surface area contributed by atoms with Crippen LogP contribution in [0.2, 0.25) is 0 Å². The van der Waals surface area contributed by atoms with Gasteiger partial charge in [-0.25, -0.2) is 0 Å². The second-order valence-corrected chi connectivity index (χ2v) is 6.58. The first-order chi connectivity index (χ1) is 11.8. The molecular formula is C18H24N4O2. The van der Waals surface area contributed by atoms with E-state index in [9.17, 15) is 0 Å². The van der Waals surface area contributed by atoms with Crippen molar-refractivity contribution in [2.24, 2.45) is 5.92 Å². The number of fused-ring (bicyclic) bond motifs is 1. The van der Waals surface area contributed by atoms with Crippen molar-refractivity contribution in [3.63, 3.8) is 0 Å². The summed E-state index contributed by atoms with van der Waals surface area (Å²) in [4.78, 5) is 11.6. The maximum Gasteiger partial charge on any atom is 0.225 e. The van der Waals surface area contributed by atoms with E-state index in [-0.39, 0.29) is 6.10 Å². The second kappa shape index (κ2) is 6.91. The highest BCUT2D eigenvalue weighted by molar-refractivity contribution is 5.85. The number of hydrogen-bond donors (Lipinski definition) is 1. The molecule has 0 amide bonds. The Bertz CT molecular complexity index is 702. The number of nitrogens with zero attached hydrogens (tertiary/aromatic N) is 3. The van der Waals surface area contributed by atoms with Crippen molar-refractivity contribution < 1.29 is 9.47 Å². The van der Waals surface area contributed by atoms with Gasteiger partial charge in [-0.2, -0.15) is 4.98 Å². The Kier molecular flexibility index (Phi) is 4.49. The highest BCUT2D eigenvalue weighted by Gasteiger charge is 2.25. The molecule has 0 aliphatic carbocycles. The zero-order valence-corrected chi connectivity index (χ0v) is 14.1. The molecule has 4 heterocycles. The third-order valence-corrected chi connectivity index (χ3v) is 4.86. The third-order valence-electron chi connectivity index (χ3n) is 4.86. The van der Waals surface area contributed by atoms with E-state index in [0.717, 1.165) is 62.5 Å². The van der Waals surface area contributed by atoms with Gasteiger partial charge < -0.3 is 19.7 Å². The molecule has 2 aliphatic rings. The molecule has 2 fully saturated rings. The van der Waals surface area contributed by atoms with Gasteiger partial charge in [-0.1, -0.05) is 6.92 Å². The van der Waals surface area contributed by atoms with Crippen LogP contribution in [-0.4, -0.2) is 55.5 Å². The van der Waals surface area contributed by atoms with Crippen molar-refractivity contribution in [3.8, 4) is 5.88 Å². The van der Waals surface area contributed by atoms with Crippen LogP contribution in [0.25, 0.3) is 10.9 Å².